The third-order valence-corrected chi connectivity index (χ3v) is 6.22. The summed E-state index contributed by atoms with van der Waals surface area (Å²) < 4.78 is 0. The smallest absolute Gasteiger partial charge is 0.244 e. The van der Waals surface area contributed by atoms with Crippen molar-refractivity contribution in [3.05, 3.63) is 50.1 Å². The van der Waals surface area contributed by atoms with Crippen LogP contribution in [0.2, 0.25) is 10.0 Å². The summed E-state index contributed by atoms with van der Waals surface area (Å²) in [4.78, 5) is 27.8. The summed E-state index contributed by atoms with van der Waals surface area (Å²) in [5.41, 5.74) is 4.23. The minimum Gasteiger partial charge on any atom is -0.324 e. The summed E-state index contributed by atoms with van der Waals surface area (Å²) in [7, 11) is 0. The summed E-state index contributed by atoms with van der Waals surface area (Å²) in [5, 5.41) is 9.76. The van der Waals surface area contributed by atoms with Crippen molar-refractivity contribution in [2.24, 2.45) is 11.0 Å². The lowest BCUT2D eigenvalue weighted by atomic mass is 9.97. The van der Waals surface area contributed by atoms with Gasteiger partial charge in [-0.15, -0.1) is 11.3 Å². The van der Waals surface area contributed by atoms with Gasteiger partial charge in [0.15, 0.2) is 0 Å². The monoisotopic (exact) mass is 452 g/mol. The van der Waals surface area contributed by atoms with E-state index in [0.717, 1.165) is 29.8 Å². The molecule has 0 bridgehead atoms. The average Bonchev–Trinajstić information content (AvgIpc) is 3.09. The summed E-state index contributed by atoms with van der Waals surface area (Å²) in [6.45, 7) is 3.46. The first-order valence-corrected chi connectivity index (χ1v) is 10.9. The Morgan fingerprint density at radius 3 is 2.93 bits per heavy atom. The van der Waals surface area contributed by atoms with Gasteiger partial charge in [0.25, 0.3) is 0 Å². The first-order valence-electron chi connectivity index (χ1n) is 9.26. The molecule has 1 aliphatic rings. The number of halogens is 2. The van der Waals surface area contributed by atoms with Gasteiger partial charge in [-0.25, -0.2) is 5.43 Å². The average molecular weight is 453 g/mol. The summed E-state index contributed by atoms with van der Waals surface area (Å²) >= 11 is 13.6. The van der Waals surface area contributed by atoms with Crippen molar-refractivity contribution in [1.29, 1.82) is 0 Å². The summed E-state index contributed by atoms with van der Waals surface area (Å²) in [6.07, 6.45) is 3.29. The first kappa shape index (κ1) is 21.8. The number of hydrazone groups is 1. The fourth-order valence-corrected chi connectivity index (χ4v) is 4.28. The minimum atomic E-state index is -0.201. The minimum absolute atomic E-state index is 0.126. The number of amides is 2. The van der Waals surface area contributed by atoms with Crippen molar-refractivity contribution >= 4 is 58.3 Å². The number of hydrogen-bond acceptors (Lipinski definition) is 5. The number of carbonyl (C=O) groups excluding carboxylic acids is 2. The van der Waals surface area contributed by atoms with Crippen LogP contribution in [-0.4, -0.2) is 42.6 Å². The molecule has 3 rings (SSSR count). The number of hydrogen-bond donors (Lipinski definition) is 2. The number of rotatable bonds is 6. The molecular formula is C20H22Cl2N4O2S. The van der Waals surface area contributed by atoms with Crippen molar-refractivity contribution in [2.45, 2.75) is 19.8 Å². The van der Waals surface area contributed by atoms with Gasteiger partial charge in [-0.2, -0.15) is 5.10 Å². The van der Waals surface area contributed by atoms with E-state index in [1.54, 1.807) is 35.8 Å². The fourth-order valence-electron chi connectivity index (χ4n) is 3.16. The van der Waals surface area contributed by atoms with Crippen LogP contribution in [0.5, 0.6) is 0 Å². The van der Waals surface area contributed by atoms with Gasteiger partial charge in [0.05, 0.1) is 29.4 Å². The number of carbonyl (C=O) groups is 2. The lowest BCUT2D eigenvalue weighted by molar-refractivity contribution is -0.127. The van der Waals surface area contributed by atoms with Gasteiger partial charge in [0.1, 0.15) is 0 Å². The third kappa shape index (κ3) is 6.27. The molecule has 0 radical (unpaired) electrons. The van der Waals surface area contributed by atoms with Gasteiger partial charge < -0.3 is 5.32 Å². The Morgan fingerprint density at radius 2 is 2.17 bits per heavy atom. The van der Waals surface area contributed by atoms with Gasteiger partial charge >= 0.3 is 0 Å². The predicted octanol–water partition coefficient (Wildman–Crippen LogP) is 4.16. The molecule has 6 nitrogen and oxygen atoms in total. The van der Waals surface area contributed by atoms with Gasteiger partial charge in [-0.05, 0) is 61.5 Å². The maximum atomic E-state index is 12.4. The highest BCUT2D eigenvalue weighted by molar-refractivity contribution is 7.11. The topological polar surface area (TPSA) is 73.8 Å². The molecule has 0 unspecified atom stereocenters. The molecule has 2 aromatic rings. The lowest BCUT2D eigenvalue weighted by Gasteiger charge is -2.31. The standard InChI is InChI=1S/C20H22Cl2N4O2S/c1-13-6-8-29-18(13)10-23-25-20(28)14-3-2-7-26(11-14)12-19(27)24-17-9-15(21)4-5-16(17)22/h4-6,8-10,14H,2-3,7,11-12H2,1H3,(H,24,27)(H,25,28)/b23-10-/t14-/m0/s1. The Hall–Kier alpha value is -1.93. The van der Waals surface area contributed by atoms with Crippen molar-refractivity contribution in [1.82, 2.24) is 10.3 Å². The van der Waals surface area contributed by atoms with Crippen LogP contribution >= 0.6 is 34.5 Å². The zero-order chi connectivity index (χ0) is 20.8. The van der Waals surface area contributed by atoms with Gasteiger partial charge in [-0.3, -0.25) is 14.5 Å². The quantitative estimate of drug-likeness (QED) is 0.510. The number of aryl methyl sites for hydroxylation is 1. The van der Waals surface area contributed by atoms with Crippen molar-refractivity contribution in [2.75, 3.05) is 25.0 Å². The molecule has 2 heterocycles. The number of nitrogens with one attached hydrogen (secondary N) is 2. The lowest BCUT2D eigenvalue weighted by Crippen LogP contribution is -2.44. The van der Waals surface area contributed by atoms with E-state index in [0.29, 0.717) is 22.3 Å². The van der Waals surface area contributed by atoms with Crippen molar-refractivity contribution in [3.8, 4) is 0 Å². The highest BCUT2D eigenvalue weighted by atomic mass is 35.5. The molecule has 9 heteroatoms. The molecule has 1 atom stereocenters. The Balaban J connectivity index is 1.50. The number of nitrogens with zero attached hydrogens (tertiary/aromatic N) is 2. The van der Waals surface area contributed by atoms with E-state index in [2.05, 4.69) is 15.8 Å². The third-order valence-electron chi connectivity index (χ3n) is 4.70. The number of piperidine rings is 1. The molecule has 1 aromatic heterocycles. The van der Waals surface area contributed by atoms with E-state index >= 15 is 0 Å². The molecule has 1 saturated heterocycles. The second-order valence-corrected chi connectivity index (χ2v) is 8.74. The van der Waals surface area contributed by atoms with Gasteiger partial charge in [0, 0.05) is 16.4 Å². The molecule has 2 amide bonds. The molecule has 2 N–H and O–H groups in total. The van der Waals surface area contributed by atoms with E-state index in [1.807, 2.05) is 23.3 Å². The zero-order valence-electron chi connectivity index (χ0n) is 16.0. The van der Waals surface area contributed by atoms with E-state index in [1.165, 1.54) is 0 Å². The van der Waals surface area contributed by atoms with Crippen molar-refractivity contribution < 1.29 is 9.59 Å². The fraction of sp³-hybridized carbons (Fsp3) is 0.350. The highest BCUT2D eigenvalue weighted by Crippen LogP contribution is 2.25. The van der Waals surface area contributed by atoms with Crippen LogP contribution in [0.15, 0.2) is 34.7 Å². The van der Waals surface area contributed by atoms with Crippen LogP contribution in [-0.2, 0) is 9.59 Å². The Morgan fingerprint density at radius 1 is 1.34 bits per heavy atom. The van der Waals surface area contributed by atoms with Gasteiger partial charge in [-0.1, -0.05) is 23.2 Å². The Bertz CT molecular complexity index is 916. The zero-order valence-corrected chi connectivity index (χ0v) is 18.3. The van der Waals surface area contributed by atoms with E-state index in [4.69, 9.17) is 23.2 Å². The highest BCUT2D eigenvalue weighted by Gasteiger charge is 2.26. The molecule has 1 aromatic carbocycles. The molecule has 154 valence electrons. The second kappa shape index (κ2) is 10.2. The van der Waals surface area contributed by atoms with E-state index in [9.17, 15) is 9.59 Å². The summed E-state index contributed by atoms with van der Waals surface area (Å²) in [6, 6.07) is 6.92. The normalized spacial score (nSPS) is 17.4. The first-order chi connectivity index (χ1) is 13.9. The Kier molecular flexibility index (Phi) is 7.66. The SMILES string of the molecule is Cc1ccsc1/C=N\NC(=O)[C@H]1CCCN(CC(=O)Nc2cc(Cl)ccc2Cl)C1. The van der Waals surface area contributed by atoms with Crippen LogP contribution < -0.4 is 10.7 Å². The Labute approximate surface area is 183 Å². The molecule has 1 aliphatic heterocycles. The van der Waals surface area contributed by atoms with Crippen LogP contribution in [0, 0.1) is 12.8 Å². The molecule has 1 fully saturated rings. The molecule has 0 saturated carbocycles. The molecule has 29 heavy (non-hydrogen) atoms. The maximum Gasteiger partial charge on any atom is 0.244 e. The van der Waals surface area contributed by atoms with Gasteiger partial charge in [0.2, 0.25) is 11.8 Å². The molecular weight excluding hydrogens is 431 g/mol. The maximum absolute atomic E-state index is 12.4. The molecule has 0 aliphatic carbocycles. The van der Waals surface area contributed by atoms with E-state index in [-0.39, 0.29) is 24.3 Å². The largest absolute Gasteiger partial charge is 0.324 e. The molecule has 0 spiro atoms. The van der Waals surface area contributed by atoms with E-state index < -0.39 is 0 Å². The van der Waals surface area contributed by atoms with Crippen LogP contribution in [0.1, 0.15) is 23.3 Å². The number of anilines is 1. The van der Waals surface area contributed by atoms with Crippen molar-refractivity contribution in [3.63, 3.8) is 0 Å². The van der Waals surface area contributed by atoms with Crippen LogP contribution in [0.3, 0.4) is 0 Å². The predicted molar refractivity (Wildman–Crippen MR) is 119 cm³/mol. The summed E-state index contributed by atoms with van der Waals surface area (Å²) in [5.74, 6) is -0.521. The number of benzene rings is 1. The second-order valence-electron chi connectivity index (χ2n) is 6.95. The number of thiophene rings is 1. The van der Waals surface area contributed by atoms with Crippen LogP contribution in [0.4, 0.5) is 5.69 Å². The number of likely N-dealkylation sites (tertiary alicyclic amines) is 1. The van der Waals surface area contributed by atoms with Crippen LogP contribution in [0.25, 0.3) is 0 Å².